The minimum atomic E-state index is -0.132. The van der Waals surface area contributed by atoms with Crippen LogP contribution in [0, 0.1) is 5.82 Å². The Hall–Kier alpha value is -0.785. The highest BCUT2D eigenvalue weighted by Crippen LogP contribution is 1.88. The molecule has 0 amide bonds. The second kappa shape index (κ2) is 1.99. The number of rotatable bonds is 0. The van der Waals surface area contributed by atoms with Crippen LogP contribution in [0.15, 0.2) is 24.3 Å². The van der Waals surface area contributed by atoms with E-state index >= 15 is 0 Å². The molecule has 40 valence electrons. The highest BCUT2D eigenvalue weighted by molar-refractivity contribution is 6.32. The Kier molecular flexibility index (Phi) is 1.33. The van der Waals surface area contributed by atoms with Gasteiger partial charge in [-0.05, 0) is 6.07 Å². The first-order valence-electron chi connectivity index (χ1n) is 2.52. The Morgan fingerprint density at radius 3 is 2.25 bits per heavy atom. The molecule has 0 unspecified atom stereocenters. The number of halogens is 1. The highest BCUT2D eigenvalue weighted by atomic mass is 19.1. The third-order valence-electron chi connectivity index (χ3n) is 1.08. The van der Waals surface area contributed by atoms with Crippen LogP contribution >= 0.6 is 0 Å². The third-order valence-corrected chi connectivity index (χ3v) is 1.08. The van der Waals surface area contributed by atoms with Crippen molar-refractivity contribution in [2.75, 3.05) is 0 Å². The van der Waals surface area contributed by atoms with Crippen LogP contribution < -0.4 is 5.46 Å². The van der Waals surface area contributed by atoms with Gasteiger partial charge in [-0.3, -0.25) is 0 Å². The fourth-order valence-corrected chi connectivity index (χ4v) is 0.551. The Balaban J connectivity index is 3.13. The monoisotopic (exact) mass is 108 g/mol. The molecule has 0 heterocycles. The topological polar surface area (TPSA) is 0 Å². The molecule has 0 saturated heterocycles. The van der Waals surface area contributed by atoms with Crippen LogP contribution in [-0.4, -0.2) is 7.85 Å². The molecule has 0 fully saturated rings. The minimum Gasteiger partial charge on any atom is -0.208 e. The van der Waals surface area contributed by atoms with Gasteiger partial charge >= 0.3 is 0 Å². The predicted molar refractivity (Wildman–Crippen MR) is 34.6 cm³/mol. The number of hydrogen-bond acceptors (Lipinski definition) is 0. The van der Waals surface area contributed by atoms with E-state index in [1.165, 1.54) is 6.07 Å². The van der Waals surface area contributed by atoms with Gasteiger partial charge in [0.2, 0.25) is 0 Å². The molecule has 8 heavy (non-hydrogen) atoms. The van der Waals surface area contributed by atoms with Gasteiger partial charge in [0.05, 0.1) is 0 Å². The summed E-state index contributed by atoms with van der Waals surface area (Å²) >= 11 is 0. The molecule has 0 saturated carbocycles. The van der Waals surface area contributed by atoms with E-state index in [0.717, 1.165) is 0 Å². The van der Waals surface area contributed by atoms with Crippen LogP contribution in [0.3, 0.4) is 0 Å². The van der Waals surface area contributed by atoms with Gasteiger partial charge in [0.25, 0.3) is 0 Å². The molecule has 0 aliphatic rings. The second-order valence-electron chi connectivity index (χ2n) is 1.75. The molecule has 0 spiro atoms. The summed E-state index contributed by atoms with van der Waals surface area (Å²) < 4.78 is 12.3. The molecule has 0 radical (unpaired) electrons. The first-order chi connectivity index (χ1) is 3.80. The van der Waals surface area contributed by atoms with Gasteiger partial charge in [0, 0.05) is 0 Å². The maximum atomic E-state index is 12.3. The molecule has 0 bridgehead atoms. The van der Waals surface area contributed by atoms with Gasteiger partial charge in [-0.2, -0.15) is 0 Å². The van der Waals surface area contributed by atoms with Gasteiger partial charge in [0.1, 0.15) is 13.7 Å². The van der Waals surface area contributed by atoms with E-state index in [1.54, 1.807) is 20.0 Å². The summed E-state index contributed by atoms with van der Waals surface area (Å²) in [6.45, 7) is 0. The van der Waals surface area contributed by atoms with Crippen LogP contribution in [0.5, 0.6) is 0 Å². The normalized spacial score (nSPS) is 9.12. The molecule has 0 aromatic heterocycles. The van der Waals surface area contributed by atoms with Gasteiger partial charge in [-0.25, -0.2) is 4.39 Å². The van der Waals surface area contributed by atoms with E-state index in [0.29, 0.717) is 5.46 Å². The molecule has 0 aliphatic heterocycles. The molecule has 0 N–H and O–H groups in total. The lowest BCUT2D eigenvalue weighted by atomic mass is 9.96. The maximum absolute atomic E-state index is 12.3. The first-order valence-corrected chi connectivity index (χ1v) is 2.52. The highest BCUT2D eigenvalue weighted by Gasteiger charge is 1.88. The zero-order chi connectivity index (χ0) is 5.98. The summed E-state index contributed by atoms with van der Waals surface area (Å²) in [6.07, 6.45) is 0. The van der Waals surface area contributed by atoms with Crippen LogP contribution in [0.1, 0.15) is 0 Å². The average Bonchev–Trinajstić information content (AvgIpc) is 1.77. The van der Waals surface area contributed by atoms with Crippen LogP contribution in [0.25, 0.3) is 0 Å². The van der Waals surface area contributed by atoms with E-state index in [9.17, 15) is 4.39 Å². The predicted octanol–water partition coefficient (Wildman–Crippen LogP) is 0.0841. The van der Waals surface area contributed by atoms with E-state index in [4.69, 9.17) is 0 Å². The smallest absolute Gasteiger partial charge is 0.143 e. The zero-order valence-electron chi connectivity index (χ0n) is 4.69. The maximum Gasteiger partial charge on any atom is 0.143 e. The summed E-state index contributed by atoms with van der Waals surface area (Å²) in [7, 11) is 1.75. The van der Waals surface area contributed by atoms with E-state index in [-0.39, 0.29) is 5.82 Å². The van der Waals surface area contributed by atoms with Crippen molar-refractivity contribution in [2.24, 2.45) is 0 Å². The average molecular weight is 108 g/mol. The molecule has 1 aromatic rings. The van der Waals surface area contributed by atoms with Crippen LogP contribution in [0.2, 0.25) is 0 Å². The molecule has 0 nitrogen and oxygen atoms in total. The summed E-state index contributed by atoms with van der Waals surface area (Å²) in [5.74, 6) is -0.132. The van der Waals surface area contributed by atoms with E-state index in [1.807, 2.05) is 6.07 Å². The van der Waals surface area contributed by atoms with Gasteiger partial charge in [-0.1, -0.05) is 23.7 Å². The molecule has 0 aliphatic carbocycles. The minimum absolute atomic E-state index is 0.132. The lowest BCUT2D eigenvalue weighted by Crippen LogP contribution is -2.05. The van der Waals surface area contributed by atoms with Crippen LogP contribution in [0.4, 0.5) is 4.39 Å². The molecule has 2 heteroatoms. The fraction of sp³-hybridized carbons (Fsp3) is 0. The van der Waals surface area contributed by atoms with Crippen molar-refractivity contribution in [3.63, 3.8) is 0 Å². The Morgan fingerprint density at radius 1 is 1.25 bits per heavy atom. The SMILES string of the molecule is Bc1ccccc1F. The Labute approximate surface area is 48.7 Å². The lowest BCUT2D eigenvalue weighted by molar-refractivity contribution is 0.636. The van der Waals surface area contributed by atoms with Crippen molar-refractivity contribution < 1.29 is 4.39 Å². The third kappa shape index (κ3) is 0.888. The van der Waals surface area contributed by atoms with Crippen molar-refractivity contribution in [3.8, 4) is 0 Å². The molecular weight excluding hydrogens is 102 g/mol. The van der Waals surface area contributed by atoms with Gasteiger partial charge in [0.15, 0.2) is 0 Å². The van der Waals surface area contributed by atoms with E-state index in [2.05, 4.69) is 0 Å². The van der Waals surface area contributed by atoms with Gasteiger partial charge in [-0.15, -0.1) is 0 Å². The zero-order valence-corrected chi connectivity index (χ0v) is 4.69. The molecule has 1 aromatic carbocycles. The first kappa shape index (κ1) is 5.35. The summed E-state index contributed by atoms with van der Waals surface area (Å²) in [5, 5.41) is 0. The summed E-state index contributed by atoms with van der Waals surface area (Å²) in [4.78, 5) is 0. The molecule has 1 rings (SSSR count). The largest absolute Gasteiger partial charge is 0.208 e. The standard InChI is InChI=1S/C6H6BF/c7-5-3-1-2-4-6(5)8/h1-4H,7H2. The molecular formula is C6H6BF. The number of hydrogen-bond donors (Lipinski definition) is 0. The quantitative estimate of drug-likeness (QED) is 0.413. The van der Waals surface area contributed by atoms with Crippen molar-refractivity contribution in [3.05, 3.63) is 30.1 Å². The second-order valence-corrected chi connectivity index (χ2v) is 1.75. The fourth-order valence-electron chi connectivity index (χ4n) is 0.551. The van der Waals surface area contributed by atoms with Gasteiger partial charge < -0.3 is 0 Å². The lowest BCUT2D eigenvalue weighted by Gasteiger charge is -1.89. The summed E-state index contributed by atoms with van der Waals surface area (Å²) in [5.41, 5.74) is 0.701. The van der Waals surface area contributed by atoms with Crippen molar-refractivity contribution in [1.82, 2.24) is 0 Å². The molecule has 0 atom stereocenters. The van der Waals surface area contributed by atoms with Crippen molar-refractivity contribution in [1.29, 1.82) is 0 Å². The Bertz CT molecular complexity index is 165. The summed E-state index contributed by atoms with van der Waals surface area (Å²) in [6, 6.07) is 6.70. The van der Waals surface area contributed by atoms with E-state index < -0.39 is 0 Å². The number of benzene rings is 1. The van der Waals surface area contributed by atoms with Crippen molar-refractivity contribution >= 4 is 13.3 Å². The Morgan fingerprint density at radius 2 is 1.88 bits per heavy atom. The van der Waals surface area contributed by atoms with Crippen LogP contribution in [-0.2, 0) is 0 Å². The van der Waals surface area contributed by atoms with Crippen molar-refractivity contribution in [2.45, 2.75) is 0 Å².